The smallest absolute Gasteiger partial charge is 0.416 e. The zero-order valence-electron chi connectivity index (χ0n) is 11.5. The molecule has 2 amide bonds. The van der Waals surface area contributed by atoms with Gasteiger partial charge in [0, 0.05) is 5.69 Å². The van der Waals surface area contributed by atoms with E-state index in [1.807, 2.05) is 0 Å². The summed E-state index contributed by atoms with van der Waals surface area (Å²) in [6.45, 7) is 2.98. The second-order valence-corrected chi connectivity index (χ2v) is 4.14. The zero-order chi connectivity index (χ0) is 16.0. The van der Waals surface area contributed by atoms with Crippen LogP contribution in [0.15, 0.2) is 18.2 Å². The monoisotopic (exact) mass is 304 g/mol. The molecule has 5 nitrogen and oxygen atoms in total. The van der Waals surface area contributed by atoms with Crippen LogP contribution in [0.3, 0.4) is 0 Å². The van der Waals surface area contributed by atoms with Crippen molar-refractivity contribution in [2.45, 2.75) is 20.0 Å². The van der Waals surface area contributed by atoms with Crippen LogP contribution in [0.1, 0.15) is 18.1 Å². The van der Waals surface area contributed by atoms with Gasteiger partial charge in [0.05, 0.1) is 12.2 Å². The molecule has 0 aromatic heterocycles. The highest BCUT2D eigenvalue weighted by Crippen LogP contribution is 2.31. The molecule has 0 aliphatic carbocycles. The minimum Gasteiger partial charge on any atom is -0.465 e. The fourth-order valence-electron chi connectivity index (χ4n) is 1.46. The van der Waals surface area contributed by atoms with E-state index < -0.39 is 23.7 Å². The van der Waals surface area contributed by atoms with E-state index in [0.29, 0.717) is 5.56 Å². The topological polar surface area (TPSA) is 67.4 Å². The van der Waals surface area contributed by atoms with Gasteiger partial charge in [-0.2, -0.15) is 13.2 Å². The van der Waals surface area contributed by atoms with Gasteiger partial charge in [-0.25, -0.2) is 4.79 Å². The van der Waals surface area contributed by atoms with Crippen LogP contribution in [0.25, 0.3) is 0 Å². The van der Waals surface area contributed by atoms with E-state index in [9.17, 15) is 22.8 Å². The summed E-state index contributed by atoms with van der Waals surface area (Å²) in [5, 5.41) is 4.46. The van der Waals surface area contributed by atoms with Crippen LogP contribution in [-0.2, 0) is 15.7 Å². The summed E-state index contributed by atoms with van der Waals surface area (Å²) < 4.78 is 42.4. The van der Waals surface area contributed by atoms with Gasteiger partial charge in [0.1, 0.15) is 6.54 Å². The Morgan fingerprint density at radius 2 is 1.95 bits per heavy atom. The Morgan fingerprint density at radius 1 is 1.29 bits per heavy atom. The van der Waals surface area contributed by atoms with Crippen molar-refractivity contribution < 1.29 is 27.5 Å². The van der Waals surface area contributed by atoms with Gasteiger partial charge in [-0.05, 0) is 31.5 Å². The van der Waals surface area contributed by atoms with Crippen molar-refractivity contribution in [1.29, 1.82) is 0 Å². The highest BCUT2D eigenvalue weighted by atomic mass is 19.4. The molecule has 2 N–H and O–H groups in total. The normalized spacial score (nSPS) is 10.9. The molecule has 0 saturated carbocycles. The molecule has 0 fully saturated rings. The van der Waals surface area contributed by atoms with E-state index in [-0.39, 0.29) is 18.8 Å². The molecule has 1 aromatic carbocycles. The predicted molar refractivity (Wildman–Crippen MR) is 69.8 cm³/mol. The first kappa shape index (κ1) is 16.8. The number of esters is 1. The van der Waals surface area contributed by atoms with E-state index >= 15 is 0 Å². The molecule has 8 heteroatoms. The van der Waals surface area contributed by atoms with E-state index in [1.54, 1.807) is 13.8 Å². The quantitative estimate of drug-likeness (QED) is 0.840. The number of urea groups is 1. The molecule has 1 aromatic rings. The van der Waals surface area contributed by atoms with Gasteiger partial charge in [0.15, 0.2) is 0 Å². The molecule has 116 valence electrons. The molecule has 0 bridgehead atoms. The first-order chi connectivity index (χ1) is 9.74. The number of benzene rings is 1. The first-order valence-electron chi connectivity index (χ1n) is 6.12. The van der Waals surface area contributed by atoms with Crippen molar-refractivity contribution in [3.63, 3.8) is 0 Å². The fourth-order valence-corrected chi connectivity index (χ4v) is 1.46. The zero-order valence-corrected chi connectivity index (χ0v) is 11.5. The number of halogens is 3. The molecule has 0 heterocycles. The SMILES string of the molecule is CCOC(=O)CNC(=O)Nc1cc(C(F)(F)F)ccc1C. The Balaban J connectivity index is 2.69. The number of alkyl halides is 3. The summed E-state index contributed by atoms with van der Waals surface area (Å²) in [7, 11) is 0. The second kappa shape index (κ2) is 6.96. The largest absolute Gasteiger partial charge is 0.465 e. The molecule has 0 aliphatic rings. The number of amides is 2. The van der Waals surface area contributed by atoms with Crippen molar-refractivity contribution in [3.05, 3.63) is 29.3 Å². The average Bonchev–Trinajstić information content (AvgIpc) is 2.38. The Kier molecular flexibility index (Phi) is 5.57. The third-order valence-electron chi connectivity index (χ3n) is 2.51. The molecule has 0 aliphatic heterocycles. The minimum atomic E-state index is -4.49. The van der Waals surface area contributed by atoms with E-state index in [1.165, 1.54) is 6.07 Å². The molecule has 0 saturated heterocycles. The second-order valence-electron chi connectivity index (χ2n) is 4.14. The highest BCUT2D eigenvalue weighted by molar-refractivity contribution is 5.92. The van der Waals surface area contributed by atoms with Gasteiger partial charge in [-0.15, -0.1) is 0 Å². The van der Waals surface area contributed by atoms with Crippen molar-refractivity contribution >= 4 is 17.7 Å². The van der Waals surface area contributed by atoms with Crippen LogP contribution in [-0.4, -0.2) is 25.2 Å². The Hall–Kier alpha value is -2.25. The number of anilines is 1. The molecule has 1 rings (SSSR count). The van der Waals surface area contributed by atoms with E-state index in [2.05, 4.69) is 15.4 Å². The van der Waals surface area contributed by atoms with E-state index in [0.717, 1.165) is 12.1 Å². The Morgan fingerprint density at radius 3 is 2.52 bits per heavy atom. The van der Waals surface area contributed by atoms with Crippen molar-refractivity contribution in [3.8, 4) is 0 Å². The third-order valence-corrected chi connectivity index (χ3v) is 2.51. The van der Waals surface area contributed by atoms with Crippen molar-refractivity contribution in [2.24, 2.45) is 0 Å². The van der Waals surface area contributed by atoms with Gasteiger partial charge in [0.25, 0.3) is 0 Å². The highest BCUT2D eigenvalue weighted by Gasteiger charge is 2.30. The number of carbonyl (C=O) groups is 2. The number of ether oxygens (including phenoxy) is 1. The summed E-state index contributed by atoms with van der Waals surface area (Å²) in [5.41, 5.74) is -0.380. The number of rotatable bonds is 4. The third kappa shape index (κ3) is 5.33. The molecule has 0 radical (unpaired) electrons. The maximum atomic E-state index is 12.6. The number of hydrogen-bond acceptors (Lipinski definition) is 3. The lowest BCUT2D eigenvalue weighted by molar-refractivity contribution is -0.141. The van der Waals surface area contributed by atoms with Crippen LogP contribution >= 0.6 is 0 Å². The molecular formula is C13H15F3N2O3. The van der Waals surface area contributed by atoms with Crippen molar-refractivity contribution in [1.82, 2.24) is 5.32 Å². The molecular weight excluding hydrogens is 289 g/mol. The number of hydrogen-bond donors (Lipinski definition) is 2. The lowest BCUT2D eigenvalue weighted by Gasteiger charge is -2.13. The maximum Gasteiger partial charge on any atom is 0.416 e. The molecule has 0 atom stereocenters. The van der Waals surface area contributed by atoms with Gasteiger partial charge in [-0.3, -0.25) is 4.79 Å². The lowest BCUT2D eigenvalue weighted by Crippen LogP contribution is -2.34. The number of nitrogens with one attached hydrogen (secondary N) is 2. The fraction of sp³-hybridized carbons (Fsp3) is 0.385. The number of aryl methyl sites for hydroxylation is 1. The number of carbonyl (C=O) groups excluding carboxylic acids is 2. The molecule has 0 spiro atoms. The van der Waals surface area contributed by atoms with Gasteiger partial charge in [-0.1, -0.05) is 6.07 Å². The van der Waals surface area contributed by atoms with Crippen LogP contribution in [0.5, 0.6) is 0 Å². The minimum absolute atomic E-state index is 0.0196. The predicted octanol–water partition coefficient (Wildman–Crippen LogP) is 2.70. The lowest BCUT2D eigenvalue weighted by atomic mass is 10.1. The van der Waals surface area contributed by atoms with Gasteiger partial charge >= 0.3 is 18.2 Å². The summed E-state index contributed by atoms with van der Waals surface area (Å²) in [5.74, 6) is -0.631. The van der Waals surface area contributed by atoms with Crippen molar-refractivity contribution in [2.75, 3.05) is 18.5 Å². The van der Waals surface area contributed by atoms with E-state index in [4.69, 9.17) is 0 Å². The summed E-state index contributed by atoms with van der Waals surface area (Å²) in [4.78, 5) is 22.6. The maximum absolute atomic E-state index is 12.6. The standard InChI is InChI=1S/C13H15F3N2O3/c1-3-21-11(19)7-17-12(20)18-10-6-9(13(14,15)16)5-4-8(10)2/h4-6H,3,7H2,1-2H3,(H2,17,18,20). The average molecular weight is 304 g/mol. The summed E-state index contributed by atoms with van der Waals surface area (Å²) in [6.07, 6.45) is -4.49. The molecule has 21 heavy (non-hydrogen) atoms. The van der Waals surface area contributed by atoms with Gasteiger partial charge in [0.2, 0.25) is 0 Å². The first-order valence-corrected chi connectivity index (χ1v) is 6.12. The Labute approximate surface area is 119 Å². The van der Waals surface area contributed by atoms with Crippen LogP contribution < -0.4 is 10.6 Å². The molecule has 0 unspecified atom stereocenters. The van der Waals surface area contributed by atoms with Crippen LogP contribution in [0.2, 0.25) is 0 Å². The van der Waals surface area contributed by atoms with Gasteiger partial charge < -0.3 is 15.4 Å². The summed E-state index contributed by atoms with van der Waals surface area (Å²) >= 11 is 0. The Bertz CT molecular complexity index is 530. The van der Waals surface area contributed by atoms with Crippen LogP contribution in [0, 0.1) is 6.92 Å². The van der Waals surface area contributed by atoms with Crippen LogP contribution in [0.4, 0.5) is 23.7 Å². The summed E-state index contributed by atoms with van der Waals surface area (Å²) in [6, 6.07) is 2.23.